The number of nitrogens with zero attached hydrogens (tertiary/aromatic N) is 3. The second-order valence-electron chi connectivity index (χ2n) is 10.5. The first-order valence-electron chi connectivity index (χ1n) is 14.0. The van der Waals surface area contributed by atoms with E-state index in [1.54, 1.807) is 0 Å². The fourth-order valence-corrected chi connectivity index (χ4v) is 5.94. The molecule has 1 N–H and O–H groups in total. The number of allylic oxidation sites excluding steroid dienone is 2. The minimum Gasteiger partial charge on any atom is -0.377 e. The van der Waals surface area contributed by atoms with Crippen LogP contribution in [0.25, 0.3) is 49.7 Å². The highest BCUT2D eigenvalue weighted by atomic mass is 15.0. The summed E-state index contributed by atoms with van der Waals surface area (Å²) in [6.07, 6.45) is 6.57. The molecule has 42 heavy (non-hydrogen) atoms. The van der Waals surface area contributed by atoms with Gasteiger partial charge in [0.15, 0.2) is 0 Å². The van der Waals surface area contributed by atoms with Gasteiger partial charge in [-0.2, -0.15) is 10.5 Å². The summed E-state index contributed by atoms with van der Waals surface area (Å²) in [5.41, 5.74) is 9.77. The number of anilines is 1. The summed E-state index contributed by atoms with van der Waals surface area (Å²) in [6, 6.07) is 44.3. The minimum atomic E-state index is -0.113. The SMILES string of the molecule is N#CC1=CC=CCC1Nc1ccc(C#N)cc1-c1cccc(-c2cccc(-n3c4ccccc4c4ccccc43)c2)c1. The van der Waals surface area contributed by atoms with Crippen molar-refractivity contribution < 1.29 is 0 Å². The zero-order valence-corrected chi connectivity index (χ0v) is 22.8. The average molecular weight is 539 g/mol. The molecule has 0 saturated heterocycles. The van der Waals surface area contributed by atoms with Gasteiger partial charge in [-0.15, -0.1) is 0 Å². The van der Waals surface area contributed by atoms with Gasteiger partial charge in [0.05, 0.1) is 40.4 Å². The maximum Gasteiger partial charge on any atom is 0.0991 e. The Bertz CT molecular complexity index is 2080. The number of hydrogen-bond donors (Lipinski definition) is 1. The molecule has 1 unspecified atom stereocenters. The third kappa shape index (κ3) is 4.42. The van der Waals surface area contributed by atoms with E-state index in [2.05, 4.69) is 125 Å². The van der Waals surface area contributed by atoms with Gasteiger partial charge >= 0.3 is 0 Å². The molecule has 198 valence electrons. The van der Waals surface area contributed by atoms with E-state index in [1.165, 1.54) is 21.8 Å². The Morgan fingerprint density at radius 2 is 1.36 bits per heavy atom. The third-order valence-electron chi connectivity index (χ3n) is 7.96. The van der Waals surface area contributed by atoms with Crippen LogP contribution in [0.4, 0.5) is 5.69 Å². The van der Waals surface area contributed by atoms with E-state index >= 15 is 0 Å². The molecule has 0 fully saturated rings. The van der Waals surface area contributed by atoms with Crippen LogP contribution in [0.5, 0.6) is 0 Å². The largest absolute Gasteiger partial charge is 0.377 e. The summed E-state index contributed by atoms with van der Waals surface area (Å²) < 4.78 is 2.33. The molecule has 0 amide bonds. The number of aromatic nitrogens is 1. The van der Waals surface area contributed by atoms with Gasteiger partial charge < -0.3 is 9.88 Å². The summed E-state index contributed by atoms with van der Waals surface area (Å²) in [5, 5.41) is 25.4. The lowest BCUT2D eigenvalue weighted by atomic mass is 9.95. The van der Waals surface area contributed by atoms with E-state index < -0.39 is 0 Å². The van der Waals surface area contributed by atoms with E-state index in [0.717, 1.165) is 40.0 Å². The summed E-state index contributed by atoms with van der Waals surface area (Å²) in [6.45, 7) is 0. The van der Waals surface area contributed by atoms with Crippen molar-refractivity contribution in [2.75, 3.05) is 5.32 Å². The van der Waals surface area contributed by atoms with Gasteiger partial charge in [0, 0.05) is 27.7 Å². The molecule has 0 spiro atoms. The van der Waals surface area contributed by atoms with Gasteiger partial charge in [0.25, 0.3) is 0 Å². The smallest absolute Gasteiger partial charge is 0.0991 e. The molecule has 6 aromatic rings. The van der Waals surface area contributed by atoms with Gasteiger partial charge in [-0.3, -0.25) is 0 Å². The highest BCUT2D eigenvalue weighted by Gasteiger charge is 2.18. The van der Waals surface area contributed by atoms with Crippen molar-refractivity contribution in [3.05, 3.63) is 145 Å². The molecule has 1 aromatic heterocycles. The molecule has 0 bridgehead atoms. The lowest BCUT2D eigenvalue weighted by Gasteiger charge is -2.22. The number of nitrogens with one attached hydrogen (secondary N) is 1. The van der Waals surface area contributed by atoms with E-state index in [9.17, 15) is 10.5 Å². The molecule has 0 aliphatic heterocycles. The monoisotopic (exact) mass is 538 g/mol. The third-order valence-corrected chi connectivity index (χ3v) is 7.96. The molecular weight excluding hydrogens is 512 g/mol. The van der Waals surface area contributed by atoms with Gasteiger partial charge in [-0.25, -0.2) is 0 Å². The first-order valence-corrected chi connectivity index (χ1v) is 14.0. The Labute approximate surface area is 244 Å². The molecule has 0 radical (unpaired) electrons. The number of rotatable bonds is 5. The molecule has 1 aliphatic carbocycles. The highest BCUT2D eigenvalue weighted by molar-refractivity contribution is 6.09. The predicted octanol–water partition coefficient (Wildman–Crippen LogP) is 9.18. The van der Waals surface area contributed by atoms with Gasteiger partial charge in [0.1, 0.15) is 0 Å². The molecular formula is C38H26N4. The van der Waals surface area contributed by atoms with Crippen molar-refractivity contribution in [3.63, 3.8) is 0 Å². The van der Waals surface area contributed by atoms with Crippen LogP contribution in [-0.2, 0) is 0 Å². The van der Waals surface area contributed by atoms with Gasteiger partial charge in [-0.1, -0.05) is 78.9 Å². The van der Waals surface area contributed by atoms with Crippen molar-refractivity contribution >= 4 is 27.5 Å². The predicted molar refractivity (Wildman–Crippen MR) is 171 cm³/mol. The van der Waals surface area contributed by atoms with Crippen LogP contribution >= 0.6 is 0 Å². The minimum absolute atomic E-state index is 0.113. The van der Waals surface area contributed by atoms with Crippen molar-refractivity contribution in [2.45, 2.75) is 12.5 Å². The molecule has 4 nitrogen and oxygen atoms in total. The zero-order valence-electron chi connectivity index (χ0n) is 22.8. The van der Waals surface area contributed by atoms with E-state index in [4.69, 9.17) is 0 Å². The maximum absolute atomic E-state index is 9.67. The Kier molecular flexibility index (Phi) is 6.36. The second kappa shape index (κ2) is 10.6. The van der Waals surface area contributed by atoms with E-state index in [1.807, 2.05) is 30.4 Å². The normalized spacial score (nSPS) is 14.3. The Morgan fingerprint density at radius 1 is 0.667 bits per heavy atom. The van der Waals surface area contributed by atoms with Crippen LogP contribution in [0.15, 0.2) is 139 Å². The lowest BCUT2D eigenvalue weighted by molar-refractivity contribution is 0.851. The molecule has 0 saturated carbocycles. The molecule has 1 atom stereocenters. The number of para-hydroxylation sites is 2. The van der Waals surface area contributed by atoms with Crippen LogP contribution in [0, 0.1) is 22.7 Å². The zero-order chi connectivity index (χ0) is 28.5. The first kappa shape index (κ1) is 25.1. The van der Waals surface area contributed by atoms with Crippen molar-refractivity contribution in [2.24, 2.45) is 0 Å². The molecule has 1 aliphatic rings. The van der Waals surface area contributed by atoms with Crippen molar-refractivity contribution in [1.82, 2.24) is 4.57 Å². The summed E-state index contributed by atoms with van der Waals surface area (Å²) in [4.78, 5) is 0. The topological polar surface area (TPSA) is 64.5 Å². The molecule has 7 rings (SSSR count). The number of nitriles is 2. The highest BCUT2D eigenvalue weighted by Crippen LogP contribution is 2.36. The second-order valence-corrected chi connectivity index (χ2v) is 10.5. The summed E-state index contributed by atoms with van der Waals surface area (Å²) >= 11 is 0. The van der Waals surface area contributed by atoms with Crippen LogP contribution in [0.2, 0.25) is 0 Å². The molecule has 4 heteroatoms. The Morgan fingerprint density at radius 3 is 2.10 bits per heavy atom. The van der Waals surface area contributed by atoms with Gasteiger partial charge in [0.2, 0.25) is 0 Å². The van der Waals surface area contributed by atoms with Crippen LogP contribution in [0.3, 0.4) is 0 Å². The lowest BCUT2D eigenvalue weighted by Crippen LogP contribution is -2.22. The maximum atomic E-state index is 9.67. The van der Waals surface area contributed by atoms with Crippen molar-refractivity contribution in [3.8, 4) is 40.1 Å². The summed E-state index contributed by atoms with van der Waals surface area (Å²) in [5.74, 6) is 0. The van der Waals surface area contributed by atoms with Gasteiger partial charge in [-0.05, 0) is 77.7 Å². The number of benzene rings is 5. The van der Waals surface area contributed by atoms with E-state index in [0.29, 0.717) is 11.1 Å². The Hall–Kier alpha value is -5.84. The fourth-order valence-electron chi connectivity index (χ4n) is 5.94. The standard InChI is InChI=1S/C38H26N4/c39-24-26-19-20-36(41-35-16-4-1-9-30(35)25-40)34(21-26)29-12-7-10-27(22-29)28-11-8-13-31(23-28)42-37-17-5-2-14-32(37)33-15-3-6-18-38(33)42/h1-15,17-23,35,41H,16H2. The first-order chi connectivity index (χ1) is 20.7. The van der Waals surface area contributed by atoms with E-state index in [-0.39, 0.29) is 6.04 Å². The Balaban J connectivity index is 1.31. The number of hydrogen-bond acceptors (Lipinski definition) is 3. The van der Waals surface area contributed by atoms with Crippen LogP contribution in [-0.4, -0.2) is 10.6 Å². The molecule has 5 aromatic carbocycles. The quantitative estimate of drug-likeness (QED) is 0.238. The van der Waals surface area contributed by atoms with Crippen LogP contribution < -0.4 is 5.32 Å². The van der Waals surface area contributed by atoms with Crippen LogP contribution in [0.1, 0.15) is 12.0 Å². The number of fused-ring (bicyclic) bond motifs is 3. The van der Waals surface area contributed by atoms with Crippen molar-refractivity contribution in [1.29, 1.82) is 10.5 Å². The molecule has 1 heterocycles. The summed E-state index contributed by atoms with van der Waals surface area (Å²) in [7, 11) is 0. The average Bonchev–Trinajstić information content (AvgIpc) is 3.40. The fraction of sp³-hybridized carbons (Fsp3) is 0.0526.